The van der Waals surface area contributed by atoms with Crippen LogP contribution < -0.4 is 0 Å². The second-order valence-corrected chi connectivity index (χ2v) is 5.65. The molecule has 0 saturated carbocycles. The minimum Gasteiger partial charge on any atom is -2.00 e. The molecule has 0 spiro atoms. The summed E-state index contributed by atoms with van der Waals surface area (Å²) in [7, 11) is 0. The molecule has 0 radical (unpaired) electrons. The van der Waals surface area contributed by atoms with Gasteiger partial charge in [-0.1, -0.05) is 53.4 Å². The van der Waals surface area contributed by atoms with Gasteiger partial charge < -0.3 is 26.4 Å². The first-order valence-corrected chi connectivity index (χ1v) is 8.09. The van der Waals surface area contributed by atoms with E-state index in [0.717, 1.165) is 0 Å². The standard InChI is InChI=1S/C16H36N.4O.Ru/c1-5-9-13-17(14-10-6-2,15-11-7-3)16-12-8-4;;;;;/h5-16H2,1-4H3;;;;;/q+1;4*-2;. The van der Waals surface area contributed by atoms with E-state index in [1.165, 1.54) is 82.0 Å². The Hall–Kier alpha value is 0.423. The van der Waals surface area contributed by atoms with Crippen LogP contribution in [0, 0.1) is 0 Å². The van der Waals surface area contributed by atoms with E-state index in [2.05, 4.69) is 27.7 Å². The maximum Gasteiger partial charge on any atom is 0.0786 e. The van der Waals surface area contributed by atoms with Crippen LogP contribution >= 0.6 is 0 Å². The van der Waals surface area contributed by atoms with Crippen LogP contribution in [0.3, 0.4) is 0 Å². The Bertz CT molecular complexity index is 137. The summed E-state index contributed by atoms with van der Waals surface area (Å²) in [5.74, 6) is 0. The fourth-order valence-electron chi connectivity index (χ4n) is 2.64. The first-order chi connectivity index (χ1) is 8.24. The fraction of sp³-hybridized carbons (Fsp3) is 1.00. The van der Waals surface area contributed by atoms with Gasteiger partial charge in [0.05, 0.1) is 26.2 Å². The van der Waals surface area contributed by atoms with Crippen molar-refractivity contribution in [3.8, 4) is 0 Å². The summed E-state index contributed by atoms with van der Waals surface area (Å²) in [4.78, 5) is 0. The van der Waals surface area contributed by atoms with E-state index in [9.17, 15) is 0 Å². The minimum absolute atomic E-state index is 0. The van der Waals surface area contributed by atoms with Gasteiger partial charge in [-0.05, 0) is 25.7 Å². The minimum atomic E-state index is 0. The Morgan fingerprint density at radius 3 is 0.773 bits per heavy atom. The molecule has 0 aliphatic rings. The van der Waals surface area contributed by atoms with Gasteiger partial charge in [-0.15, -0.1) is 0 Å². The van der Waals surface area contributed by atoms with Crippen molar-refractivity contribution >= 4 is 0 Å². The van der Waals surface area contributed by atoms with Gasteiger partial charge in [-0.2, -0.15) is 0 Å². The number of quaternary nitrogens is 1. The average Bonchev–Trinajstić information content (AvgIpc) is 2.37. The van der Waals surface area contributed by atoms with Crippen molar-refractivity contribution in [2.45, 2.75) is 79.1 Å². The van der Waals surface area contributed by atoms with Crippen molar-refractivity contribution in [3.63, 3.8) is 0 Å². The van der Waals surface area contributed by atoms with E-state index < -0.39 is 0 Å². The molecule has 0 N–H and O–H groups in total. The molecule has 0 atom stereocenters. The number of nitrogens with zero attached hydrogens (tertiary/aromatic N) is 1. The zero-order valence-electron chi connectivity index (χ0n) is 14.9. The molecule has 0 aromatic rings. The number of rotatable bonds is 12. The van der Waals surface area contributed by atoms with Crippen molar-refractivity contribution in [2.75, 3.05) is 26.2 Å². The summed E-state index contributed by atoms with van der Waals surface area (Å²) in [6.45, 7) is 15.0. The predicted molar refractivity (Wildman–Crippen MR) is 82.1 cm³/mol. The molecule has 0 aromatic heterocycles. The van der Waals surface area contributed by atoms with Gasteiger partial charge in [0.25, 0.3) is 0 Å². The van der Waals surface area contributed by atoms with Gasteiger partial charge in [-0.3, -0.25) is 0 Å². The molecule has 5 nitrogen and oxygen atoms in total. The van der Waals surface area contributed by atoms with Crippen LogP contribution in [-0.4, -0.2) is 30.7 Å². The largest absolute Gasteiger partial charge is 2.00 e. The normalized spacial score (nSPS) is 9.27. The van der Waals surface area contributed by atoms with Crippen LogP contribution in [0.15, 0.2) is 0 Å². The number of hydrogen-bond acceptors (Lipinski definition) is 0. The third-order valence-corrected chi connectivity index (χ3v) is 3.94. The summed E-state index contributed by atoms with van der Waals surface area (Å²) in [5.41, 5.74) is 0. The van der Waals surface area contributed by atoms with E-state index >= 15 is 0 Å². The van der Waals surface area contributed by atoms with Crippen LogP contribution in [-0.2, 0) is 41.4 Å². The van der Waals surface area contributed by atoms with E-state index in [0.29, 0.717) is 0 Å². The molecule has 0 heterocycles. The second kappa shape index (κ2) is 26.3. The van der Waals surface area contributed by atoms with Crippen molar-refractivity contribution in [3.05, 3.63) is 0 Å². The molecule has 0 bridgehead atoms. The van der Waals surface area contributed by atoms with Crippen LogP contribution in [0.1, 0.15) is 79.1 Å². The van der Waals surface area contributed by atoms with Crippen LogP contribution in [0.25, 0.3) is 0 Å². The monoisotopic (exact) mass is 408 g/mol. The summed E-state index contributed by atoms with van der Waals surface area (Å²) in [6, 6.07) is 0. The van der Waals surface area contributed by atoms with Gasteiger partial charge in [0.15, 0.2) is 0 Å². The number of hydrogen-bond donors (Lipinski definition) is 0. The molecule has 144 valence electrons. The molecule has 0 unspecified atom stereocenters. The van der Waals surface area contributed by atoms with Crippen molar-refractivity contribution in [1.82, 2.24) is 0 Å². The maximum absolute atomic E-state index is 2.33. The first kappa shape index (κ1) is 38.2. The average molecular weight is 408 g/mol. The Morgan fingerprint density at radius 2 is 0.636 bits per heavy atom. The van der Waals surface area contributed by atoms with Gasteiger partial charge in [0, 0.05) is 19.5 Å². The Balaban J connectivity index is -0.000000128. The zero-order valence-corrected chi connectivity index (χ0v) is 16.7. The summed E-state index contributed by atoms with van der Waals surface area (Å²) >= 11 is 0. The van der Waals surface area contributed by atoms with E-state index in [4.69, 9.17) is 0 Å². The van der Waals surface area contributed by atoms with Gasteiger partial charge in [0.1, 0.15) is 0 Å². The second-order valence-electron chi connectivity index (χ2n) is 5.65. The van der Waals surface area contributed by atoms with Crippen molar-refractivity contribution in [1.29, 1.82) is 0 Å². The zero-order chi connectivity index (χ0) is 13.0. The van der Waals surface area contributed by atoms with Crippen molar-refractivity contribution < 1.29 is 45.9 Å². The maximum atomic E-state index is 2.33. The third kappa shape index (κ3) is 18.5. The molecule has 0 saturated heterocycles. The molecule has 0 aliphatic carbocycles. The molecule has 0 aliphatic heterocycles. The van der Waals surface area contributed by atoms with Crippen LogP contribution in [0.2, 0.25) is 0 Å². The Morgan fingerprint density at radius 1 is 0.455 bits per heavy atom. The number of unbranched alkanes of at least 4 members (excludes halogenated alkanes) is 4. The summed E-state index contributed by atoms with van der Waals surface area (Å²) in [6.07, 6.45) is 11.1. The Labute approximate surface area is 151 Å². The van der Waals surface area contributed by atoms with E-state index in [1.54, 1.807) is 0 Å². The molecule has 6 heteroatoms. The van der Waals surface area contributed by atoms with E-state index in [-0.39, 0.29) is 41.4 Å². The van der Waals surface area contributed by atoms with Gasteiger partial charge in [-0.25, -0.2) is 0 Å². The molecule has 0 fully saturated rings. The predicted octanol–water partition coefficient (Wildman–Crippen LogP) is 4.53. The fourth-order valence-corrected chi connectivity index (χ4v) is 2.64. The van der Waals surface area contributed by atoms with E-state index in [1.807, 2.05) is 0 Å². The molecule has 0 aromatic carbocycles. The van der Waals surface area contributed by atoms with Crippen LogP contribution in [0.5, 0.6) is 0 Å². The van der Waals surface area contributed by atoms with Gasteiger partial charge in [0.2, 0.25) is 0 Å². The molecular weight excluding hydrogens is 371 g/mol. The molecule has 22 heavy (non-hydrogen) atoms. The van der Waals surface area contributed by atoms with Crippen LogP contribution in [0.4, 0.5) is 0 Å². The van der Waals surface area contributed by atoms with Gasteiger partial charge >= 0.3 is 0 Å². The molecule has 0 amide bonds. The molecular formula is C16H36NO4Ru-7. The Kier molecular flexibility index (Phi) is 45.7. The SMILES string of the molecule is CCCC[N+](CCCC)(CCCC)CCCC.[O-2].[O-2].[O-2].[O-2].[Ru]. The van der Waals surface area contributed by atoms with Crippen molar-refractivity contribution in [2.24, 2.45) is 0 Å². The molecule has 0 rings (SSSR count). The third-order valence-electron chi connectivity index (χ3n) is 3.94. The quantitative estimate of drug-likeness (QED) is 0.334. The first-order valence-electron chi connectivity index (χ1n) is 8.09. The topological polar surface area (TPSA) is 114 Å². The smallest absolute Gasteiger partial charge is 0.0786 e. The summed E-state index contributed by atoms with van der Waals surface area (Å²) in [5, 5.41) is 0. The summed E-state index contributed by atoms with van der Waals surface area (Å²) < 4.78 is 1.42.